The van der Waals surface area contributed by atoms with Gasteiger partial charge in [0, 0.05) is 26.6 Å². The summed E-state index contributed by atoms with van der Waals surface area (Å²) in [7, 11) is 3.53. The van der Waals surface area contributed by atoms with Crippen molar-refractivity contribution in [3.63, 3.8) is 0 Å². The highest BCUT2D eigenvalue weighted by Crippen LogP contribution is 2.11. The fourth-order valence-electron chi connectivity index (χ4n) is 1.12. The van der Waals surface area contributed by atoms with Crippen molar-refractivity contribution in [1.29, 1.82) is 0 Å². The molecule has 1 aliphatic rings. The van der Waals surface area contributed by atoms with E-state index in [1.807, 2.05) is 29.2 Å². The van der Waals surface area contributed by atoms with Gasteiger partial charge in [-0.2, -0.15) is 0 Å². The summed E-state index contributed by atoms with van der Waals surface area (Å²) < 4.78 is 4.96. The highest BCUT2D eigenvalue weighted by Gasteiger charge is 2.21. The van der Waals surface area contributed by atoms with Gasteiger partial charge in [0.15, 0.2) is 0 Å². The van der Waals surface area contributed by atoms with Gasteiger partial charge in [0.1, 0.15) is 12.9 Å². The third kappa shape index (κ3) is 1.68. The van der Waals surface area contributed by atoms with Crippen molar-refractivity contribution in [1.82, 2.24) is 9.80 Å². The molecule has 0 saturated heterocycles. The van der Waals surface area contributed by atoms with Crippen molar-refractivity contribution in [2.75, 3.05) is 20.9 Å². The van der Waals surface area contributed by atoms with Gasteiger partial charge in [-0.1, -0.05) is 5.16 Å². The second-order valence-electron chi connectivity index (χ2n) is 2.57. The van der Waals surface area contributed by atoms with E-state index in [2.05, 4.69) is 5.16 Å². The van der Waals surface area contributed by atoms with Crippen LogP contribution in [0.3, 0.4) is 0 Å². The molecule has 1 N–H and O–H groups in total. The molecule has 0 radical (unpaired) electrons. The van der Waals surface area contributed by atoms with Crippen LogP contribution in [0.25, 0.3) is 0 Å². The summed E-state index contributed by atoms with van der Waals surface area (Å²) in [5.41, 5.74) is 0. The average Bonchev–Trinajstić information content (AvgIpc) is 2.37. The Kier molecular flexibility index (Phi) is 2.93. The molecule has 0 saturated carbocycles. The van der Waals surface area contributed by atoms with Crippen LogP contribution in [0, 0.1) is 0 Å². The van der Waals surface area contributed by atoms with Crippen molar-refractivity contribution in [3.05, 3.63) is 12.4 Å². The van der Waals surface area contributed by atoms with Crippen LogP contribution in [0.2, 0.25) is 0 Å². The first-order chi connectivity index (χ1) is 5.79. The lowest BCUT2D eigenvalue weighted by Gasteiger charge is -2.25. The molecule has 0 aliphatic carbocycles. The standard InChI is InChI=1S/C7H13N3O2/c1-9-3-4-10(6-12-2)7(9)5-8-11/h3-5,7,11H,6H2,1-2H3/b8-5-. The molecule has 0 aromatic rings. The first-order valence-electron chi connectivity index (χ1n) is 3.62. The van der Waals surface area contributed by atoms with Gasteiger partial charge in [-0.3, -0.25) is 0 Å². The fraction of sp³-hybridized carbons (Fsp3) is 0.571. The number of methoxy groups -OCH3 is 1. The molecular weight excluding hydrogens is 158 g/mol. The summed E-state index contributed by atoms with van der Waals surface area (Å²) in [6.07, 6.45) is 5.18. The van der Waals surface area contributed by atoms with E-state index in [4.69, 9.17) is 9.94 Å². The van der Waals surface area contributed by atoms with Gasteiger partial charge < -0.3 is 19.7 Å². The summed E-state index contributed by atoms with van der Waals surface area (Å²) in [6, 6.07) is 0. The topological polar surface area (TPSA) is 48.3 Å². The first-order valence-corrected chi connectivity index (χ1v) is 3.62. The number of rotatable bonds is 3. The summed E-state index contributed by atoms with van der Waals surface area (Å²) in [5.74, 6) is 0. The zero-order chi connectivity index (χ0) is 8.97. The maximum absolute atomic E-state index is 8.38. The third-order valence-corrected chi connectivity index (χ3v) is 1.73. The van der Waals surface area contributed by atoms with Crippen LogP contribution in [0.5, 0.6) is 0 Å². The average molecular weight is 171 g/mol. The molecule has 5 heteroatoms. The highest BCUT2D eigenvalue weighted by atomic mass is 16.5. The van der Waals surface area contributed by atoms with Gasteiger partial charge in [-0.15, -0.1) is 0 Å². The molecule has 12 heavy (non-hydrogen) atoms. The molecule has 1 rings (SSSR count). The second-order valence-corrected chi connectivity index (χ2v) is 2.57. The van der Waals surface area contributed by atoms with E-state index in [9.17, 15) is 0 Å². The Morgan fingerprint density at radius 3 is 3.00 bits per heavy atom. The number of hydrogen-bond acceptors (Lipinski definition) is 5. The molecule has 1 heterocycles. The maximum Gasteiger partial charge on any atom is 0.142 e. The molecular formula is C7H13N3O2. The minimum atomic E-state index is -0.0463. The molecule has 1 unspecified atom stereocenters. The second kappa shape index (κ2) is 3.96. The Bertz CT molecular complexity index is 193. The minimum Gasteiger partial charge on any atom is -0.411 e. The lowest BCUT2D eigenvalue weighted by Crippen LogP contribution is -2.38. The predicted octanol–water partition coefficient (Wildman–Crippen LogP) is 0.0950. The Hall–Kier alpha value is -1.23. The lowest BCUT2D eigenvalue weighted by molar-refractivity contribution is 0.0687. The van der Waals surface area contributed by atoms with Gasteiger partial charge in [-0.25, -0.2) is 0 Å². The van der Waals surface area contributed by atoms with Crippen LogP contribution in [0.4, 0.5) is 0 Å². The van der Waals surface area contributed by atoms with E-state index in [1.165, 1.54) is 6.21 Å². The predicted molar refractivity (Wildman–Crippen MR) is 44.7 cm³/mol. The van der Waals surface area contributed by atoms with E-state index >= 15 is 0 Å². The number of ether oxygens (including phenoxy) is 1. The van der Waals surface area contributed by atoms with E-state index in [-0.39, 0.29) is 6.17 Å². The summed E-state index contributed by atoms with van der Waals surface area (Å²) >= 11 is 0. The lowest BCUT2D eigenvalue weighted by atomic mass is 10.5. The molecule has 68 valence electrons. The molecule has 0 bridgehead atoms. The van der Waals surface area contributed by atoms with Gasteiger partial charge >= 0.3 is 0 Å². The fourth-order valence-corrected chi connectivity index (χ4v) is 1.12. The van der Waals surface area contributed by atoms with Crippen LogP contribution in [0.1, 0.15) is 0 Å². The van der Waals surface area contributed by atoms with Gasteiger partial charge in [0.05, 0.1) is 6.21 Å². The Morgan fingerprint density at radius 2 is 2.42 bits per heavy atom. The molecule has 1 atom stereocenters. The largest absolute Gasteiger partial charge is 0.411 e. The van der Waals surface area contributed by atoms with E-state index < -0.39 is 0 Å². The smallest absolute Gasteiger partial charge is 0.142 e. The molecule has 0 spiro atoms. The van der Waals surface area contributed by atoms with E-state index in [0.29, 0.717) is 6.73 Å². The highest BCUT2D eigenvalue weighted by molar-refractivity contribution is 5.64. The summed E-state index contributed by atoms with van der Waals surface area (Å²) in [4.78, 5) is 3.82. The van der Waals surface area contributed by atoms with Crippen molar-refractivity contribution < 1.29 is 9.94 Å². The molecule has 0 amide bonds. The number of nitrogens with zero attached hydrogens (tertiary/aromatic N) is 3. The molecule has 0 fully saturated rings. The quantitative estimate of drug-likeness (QED) is 0.371. The minimum absolute atomic E-state index is 0.0463. The zero-order valence-corrected chi connectivity index (χ0v) is 7.21. The normalized spacial score (nSPS) is 23.0. The van der Waals surface area contributed by atoms with Crippen LogP contribution in [-0.4, -0.2) is 48.3 Å². The van der Waals surface area contributed by atoms with Crippen molar-refractivity contribution in [2.45, 2.75) is 6.17 Å². The number of hydrogen-bond donors (Lipinski definition) is 1. The van der Waals surface area contributed by atoms with Crippen molar-refractivity contribution in [3.8, 4) is 0 Å². The monoisotopic (exact) mass is 171 g/mol. The molecule has 5 nitrogen and oxygen atoms in total. The summed E-state index contributed by atoms with van der Waals surface area (Å²) in [5, 5.41) is 11.4. The van der Waals surface area contributed by atoms with Gasteiger partial charge in [0.2, 0.25) is 0 Å². The van der Waals surface area contributed by atoms with E-state index in [1.54, 1.807) is 7.11 Å². The van der Waals surface area contributed by atoms with E-state index in [0.717, 1.165) is 0 Å². The van der Waals surface area contributed by atoms with Crippen LogP contribution >= 0.6 is 0 Å². The number of oxime groups is 1. The van der Waals surface area contributed by atoms with Gasteiger partial charge in [-0.05, 0) is 0 Å². The van der Waals surface area contributed by atoms with Crippen molar-refractivity contribution in [2.24, 2.45) is 5.16 Å². The molecule has 1 aliphatic heterocycles. The van der Waals surface area contributed by atoms with Crippen LogP contribution < -0.4 is 0 Å². The first kappa shape index (κ1) is 8.86. The maximum atomic E-state index is 8.38. The van der Waals surface area contributed by atoms with Crippen LogP contribution in [-0.2, 0) is 4.74 Å². The van der Waals surface area contributed by atoms with Crippen LogP contribution in [0.15, 0.2) is 17.6 Å². The zero-order valence-electron chi connectivity index (χ0n) is 7.21. The van der Waals surface area contributed by atoms with Crippen molar-refractivity contribution >= 4 is 6.21 Å². The summed E-state index contributed by atoms with van der Waals surface area (Å²) in [6.45, 7) is 0.484. The Labute approximate surface area is 71.5 Å². The Balaban J connectivity index is 2.56. The van der Waals surface area contributed by atoms with Gasteiger partial charge in [0.25, 0.3) is 0 Å². The third-order valence-electron chi connectivity index (χ3n) is 1.73. The SMILES string of the molecule is COCN1C=CN(C)C1/C=N\O. The molecule has 0 aromatic heterocycles. The Morgan fingerprint density at radius 1 is 1.67 bits per heavy atom. The molecule has 0 aromatic carbocycles.